The van der Waals surface area contributed by atoms with Gasteiger partial charge in [0.1, 0.15) is 11.0 Å². The minimum atomic E-state index is -0.227. The van der Waals surface area contributed by atoms with Gasteiger partial charge in [-0.25, -0.2) is 4.98 Å². The van der Waals surface area contributed by atoms with Crippen molar-refractivity contribution < 1.29 is 4.79 Å². The molecule has 0 fully saturated rings. The number of pyridine rings is 1. The highest BCUT2D eigenvalue weighted by Crippen LogP contribution is 2.19. The maximum atomic E-state index is 12.5. The fourth-order valence-electron chi connectivity index (χ4n) is 3.04. The summed E-state index contributed by atoms with van der Waals surface area (Å²) in [5.74, 6) is 0.779. The number of carbonyl (C=O) groups is 1. The maximum absolute atomic E-state index is 12.5. The average molecular weight is 460 g/mol. The molecule has 2 aromatic carbocycles. The summed E-state index contributed by atoms with van der Waals surface area (Å²) in [6.45, 7) is 1.04. The second-order valence-electron chi connectivity index (χ2n) is 7.21. The molecule has 166 valence electrons. The van der Waals surface area contributed by atoms with Gasteiger partial charge < -0.3 is 21.7 Å². The van der Waals surface area contributed by atoms with Crippen LogP contribution in [0.3, 0.4) is 0 Å². The SMILES string of the molecule is Nc1ccccc1NC(=O)c1ccc(CNc2nc(Cl)cc(NCc3cccnc3)n2)cc1. The quantitative estimate of drug-likeness (QED) is 0.225. The fourth-order valence-corrected chi connectivity index (χ4v) is 3.23. The van der Waals surface area contributed by atoms with E-state index in [-0.39, 0.29) is 5.91 Å². The third kappa shape index (κ3) is 6.18. The number of amides is 1. The molecule has 0 atom stereocenters. The summed E-state index contributed by atoms with van der Waals surface area (Å²) in [4.78, 5) is 25.2. The molecule has 0 aliphatic heterocycles. The van der Waals surface area contributed by atoms with E-state index in [1.54, 1.807) is 42.7 Å². The smallest absolute Gasteiger partial charge is 0.255 e. The monoisotopic (exact) mass is 459 g/mol. The Morgan fingerprint density at radius 3 is 2.45 bits per heavy atom. The van der Waals surface area contributed by atoms with Crippen LogP contribution in [0.4, 0.5) is 23.1 Å². The second-order valence-corrected chi connectivity index (χ2v) is 7.59. The van der Waals surface area contributed by atoms with E-state index in [1.165, 1.54) is 0 Å². The first-order valence-corrected chi connectivity index (χ1v) is 10.6. The highest BCUT2D eigenvalue weighted by atomic mass is 35.5. The lowest BCUT2D eigenvalue weighted by Crippen LogP contribution is -2.13. The molecule has 0 aliphatic rings. The Balaban J connectivity index is 1.34. The van der Waals surface area contributed by atoms with Crippen molar-refractivity contribution in [2.45, 2.75) is 13.1 Å². The van der Waals surface area contributed by atoms with Gasteiger partial charge in [0, 0.05) is 37.1 Å². The van der Waals surface area contributed by atoms with E-state index in [2.05, 4.69) is 30.9 Å². The van der Waals surface area contributed by atoms with Crippen molar-refractivity contribution in [2.75, 3.05) is 21.7 Å². The minimum absolute atomic E-state index is 0.227. The standard InChI is InChI=1S/C24H22ClN7O/c25-21-12-22(28-15-17-4-3-11-27-13-17)32-24(31-21)29-14-16-7-9-18(10-8-16)23(33)30-20-6-2-1-5-19(20)26/h1-13H,14-15,26H2,(H,30,33)(H2,28,29,31,32). The third-order valence-electron chi connectivity index (χ3n) is 4.77. The molecule has 9 heteroatoms. The van der Waals surface area contributed by atoms with Crippen LogP contribution in [-0.2, 0) is 13.1 Å². The summed E-state index contributed by atoms with van der Waals surface area (Å²) < 4.78 is 0. The van der Waals surface area contributed by atoms with E-state index >= 15 is 0 Å². The predicted octanol–water partition coefficient (Wildman–Crippen LogP) is 4.58. The van der Waals surface area contributed by atoms with Crippen molar-refractivity contribution in [3.05, 3.63) is 101 Å². The summed E-state index contributed by atoms with van der Waals surface area (Å²) in [7, 11) is 0. The molecule has 33 heavy (non-hydrogen) atoms. The van der Waals surface area contributed by atoms with E-state index in [4.69, 9.17) is 17.3 Å². The Morgan fingerprint density at radius 2 is 1.70 bits per heavy atom. The topological polar surface area (TPSA) is 118 Å². The Kier molecular flexibility index (Phi) is 6.96. The number of nitrogen functional groups attached to an aromatic ring is 1. The van der Waals surface area contributed by atoms with Gasteiger partial charge in [-0.1, -0.05) is 41.9 Å². The predicted molar refractivity (Wildman–Crippen MR) is 131 cm³/mol. The molecule has 4 aromatic rings. The van der Waals surface area contributed by atoms with Crippen molar-refractivity contribution in [1.29, 1.82) is 0 Å². The first kappa shape index (κ1) is 22.0. The van der Waals surface area contributed by atoms with Gasteiger partial charge in [0.2, 0.25) is 5.95 Å². The fraction of sp³-hybridized carbons (Fsp3) is 0.0833. The number of carbonyl (C=O) groups excluding carboxylic acids is 1. The van der Waals surface area contributed by atoms with Crippen LogP contribution in [0.1, 0.15) is 21.5 Å². The van der Waals surface area contributed by atoms with Gasteiger partial charge in [-0.05, 0) is 41.5 Å². The molecule has 8 nitrogen and oxygen atoms in total. The van der Waals surface area contributed by atoms with Gasteiger partial charge >= 0.3 is 0 Å². The van der Waals surface area contributed by atoms with Crippen LogP contribution in [-0.4, -0.2) is 20.9 Å². The van der Waals surface area contributed by atoms with Crippen molar-refractivity contribution in [1.82, 2.24) is 15.0 Å². The van der Waals surface area contributed by atoms with Crippen LogP contribution < -0.4 is 21.7 Å². The highest BCUT2D eigenvalue weighted by molar-refractivity contribution is 6.29. The molecular formula is C24H22ClN7O. The molecule has 0 spiro atoms. The number of nitrogens with one attached hydrogen (secondary N) is 3. The van der Waals surface area contributed by atoms with E-state index in [0.29, 0.717) is 46.9 Å². The van der Waals surface area contributed by atoms with Crippen molar-refractivity contribution >= 4 is 40.6 Å². The molecule has 0 saturated heterocycles. The van der Waals surface area contributed by atoms with Crippen LogP contribution in [0, 0.1) is 0 Å². The number of benzene rings is 2. The zero-order valence-electron chi connectivity index (χ0n) is 17.6. The molecule has 4 rings (SSSR count). The molecule has 2 heterocycles. The zero-order valence-corrected chi connectivity index (χ0v) is 18.4. The van der Waals surface area contributed by atoms with E-state index in [9.17, 15) is 4.79 Å². The Labute approximate surface area is 196 Å². The average Bonchev–Trinajstić information content (AvgIpc) is 2.83. The number of nitrogens with two attached hydrogens (primary N) is 1. The molecule has 0 radical (unpaired) electrons. The number of halogens is 1. The normalized spacial score (nSPS) is 10.5. The first-order chi connectivity index (χ1) is 16.1. The van der Waals surface area contributed by atoms with Gasteiger partial charge in [0.05, 0.1) is 11.4 Å². The van der Waals surface area contributed by atoms with Gasteiger partial charge in [0.25, 0.3) is 5.91 Å². The lowest BCUT2D eigenvalue weighted by molar-refractivity contribution is 0.102. The molecular weight excluding hydrogens is 438 g/mol. The summed E-state index contributed by atoms with van der Waals surface area (Å²) >= 11 is 6.15. The maximum Gasteiger partial charge on any atom is 0.255 e. The largest absolute Gasteiger partial charge is 0.397 e. The number of nitrogens with zero attached hydrogens (tertiary/aromatic N) is 3. The molecule has 5 N–H and O–H groups in total. The van der Waals surface area contributed by atoms with E-state index < -0.39 is 0 Å². The van der Waals surface area contributed by atoms with Gasteiger partial charge in [-0.2, -0.15) is 4.98 Å². The number of anilines is 4. The van der Waals surface area contributed by atoms with Gasteiger partial charge in [0.15, 0.2) is 0 Å². The van der Waals surface area contributed by atoms with Crippen molar-refractivity contribution in [3.8, 4) is 0 Å². The second kappa shape index (κ2) is 10.4. The van der Waals surface area contributed by atoms with Crippen molar-refractivity contribution in [2.24, 2.45) is 0 Å². The van der Waals surface area contributed by atoms with Crippen molar-refractivity contribution in [3.63, 3.8) is 0 Å². The first-order valence-electron chi connectivity index (χ1n) is 10.2. The lowest BCUT2D eigenvalue weighted by Gasteiger charge is -2.10. The Morgan fingerprint density at radius 1 is 0.909 bits per heavy atom. The lowest BCUT2D eigenvalue weighted by atomic mass is 10.1. The number of aromatic nitrogens is 3. The minimum Gasteiger partial charge on any atom is -0.397 e. The van der Waals surface area contributed by atoms with Crippen LogP contribution in [0.25, 0.3) is 0 Å². The molecule has 0 unspecified atom stereocenters. The summed E-state index contributed by atoms with van der Waals surface area (Å²) in [6, 6.07) is 19.9. The zero-order chi connectivity index (χ0) is 23.0. The number of para-hydroxylation sites is 2. The highest BCUT2D eigenvalue weighted by Gasteiger charge is 2.08. The molecule has 2 aromatic heterocycles. The van der Waals surface area contributed by atoms with Crippen LogP contribution in [0.2, 0.25) is 5.15 Å². The van der Waals surface area contributed by atoms with E-state index in [1.807, 2.05) is 36.4 Å². The van der Waals surface area contributed by atoms with Crippen LogP contribution in [0.5, 0.6) is 0 Å². The summed E-state index contributed by atoms with van der Waals surface area (Å²) in [5.41, 5.74) is 9.50. The van der Waals surface area contributed by atoms with Crippen LogP contribution >= 0.6 is 11.6 Å². The third-order valence-corrected chi connectivity index (χ3v) is 4.96. The number of rotatable bonds is 8. The molecule has 0 bridgehead atoms. The Bertz CT molecular complexity index is 1230. The van der Waals surface area contributed by atoms with E-state index in [0.717, 1.165) is 11.1 Å². The molecule has 0 aliphatic carbocycles. The summed E-state index contributed by atoms with van der Waals surface area (Å²) in [5, 5.41) is 9.52. The summed E-state index contributed by atoms with van der Waals surface area (Å²) in [6.07, 6.45) is 3.51. The van der Waals surface area contributed by atoms with Crippen LogP contribution in [0.15, 0.2) is 79.1 Å². The molecule has 1 amide bonds. The van der Waals surface area contributed by atoms with Gasteiger partial charge in [-0.3, -0.25) is 9.78 Å². The number of hydrogen-bond acceptors (Lipinski definition) is 7. The Hall–Kier alpha value is -4.17. The number of hydrogen-bond donors (Lipinski definition) is 4. The molecule has 0 saturated carbocycles. The van der Waals surface area contributed by atoms with Gasteiger partial charge in [-0.15, -0.1) is 0 Å².